The minimum Gasteiger partial charge on any atom is -0.490 e. The van der Waals surface area contributed by atoms with E-state index in [-0.39, 0.29) is 19.8 Å². The molecule has 2 aromatic carbocycles. The summed E-state index contributed by atoms with van der Waals surface area (Å²) in [6, 6.07) is 15.5. The molecule has 0 aliphatic heterocycles. The predicted octanol–water partition coefficient (Wildman–Crippen LogP) is 4.23. The van der Waals surface area contributed by atoms with Gasteiger partial charge in [0.25, 0.3) is 0 Å². The van der Waals surface area contributed by atoms with E-state index in [1.165, 1.54) is 0 Å². The molecule has 0 bridgehead atoms. The van der Waals surface area contributed by atoms with Crippen LogP contribution >= 0.6 is 0 Å². The van der Waals surface area contributed by atoms with Crippen LogP contribution in [0.5, 0.6) is 5.75 Å². The average molecular weight is 365 g/mol. The molecule has 5 nitrogen and oxygen atoms in total. The number of carbonyl (C=O) groups excluding carboxylic acids is 1. The summed E-state index contributed by atoms with van der Waals surface area (Å²) in [5.74, 6) is 0.378. The van der Waals surface area contributed by atoms with Crippen LogP contribution in [0, 0.1) is 13.8 Å². The number of esters is 1. The topological polar surface area (TPSA) is 57.7 Å². The molecule has 0 radical (unpaired) electrons. The second kappa shape index (κ2) is 8.64. The van der Waals surface area contributed by atoms with E-state index in [1.54, 1.807) is 7.11 Å². The summed E-state index contributed by atoms with van der Waals surface area (Å²) < 4.78 is 16.4. The fourth-order valence-electron chi connectivity index (χ4n) is 3.03. The summed E-state index contributed by atoms with van der Waals surface area (Å²) in [5.41, 5.74) is 3.77. The maximum absolute atomic E-state index is 12.7. The second-order valence-electron chi connectivity index (χ2n) is 6.26. The SMILES string of the molecule is COCc1nc2ccccc2c(C)c1C(=O)OCCOc1ccccc1C. The summed E-state index contributed by atoms with van der Waals surface area (Å²) in [4.78, 5) is 17.3. The lowest BCUT2D eigenvalue weighted by Gasteiger charge is -2.14. The Kier molecular flexibility index (Phi) is 6.04. The van der Waals surface area contributed by atoms with Crippen molar-refractivity contribution in [3.8, 4) is 5.75 Å². The van der Waals surface area contributed by atoms with Crippen molar-refractivity contribution < 1.29 is 19.0 Å². The van der Waals surface area contributed by atoms with E-state index in [2.05, 4.69) is 4.98 Å². The third-order valence-electron chi connectivity index (χ3n) is 4.38. The molecule has 0 unspecified atom stereocenters. The lowest BCUT2D eigenvalue weighted by atomic mass is 10.0. The highest BCUT2D eigenvalue weighted by Crippen LogP contribution is 2.24. The monoisotopic (exact) mass is 365 g/mol. The number of para-hydroxylation sites is 2. The molecular formula is C22H23NO4. The van der Waals surface area contributed by atoms with Crippen LogP contribution in [-0.4, -0.2) is 31.3 Å². The van der Waals surface area contributed by atoms with Gasteiger partial charge in [-0.15, -0.1) is 0 Å². The predicted molar refractivity (Wildman–Crippen MR) is 104 cm³/mol. The van der Waals surface area contributed by atoms with Gasteiger partial charge in [0.15, 0.2) is 0 Å². The van der Waals surface area contributed by atoms with Crippen LogP contribution in [-0.2, 0) is 16.1 Å². The first-order valence-electron chi connectivity index (χ1n) is 8.84. The molecular weight excluding hydrogens is 342 g/mol. The van der Waals surface area contributed by atoms with Gasteiger partial charge in [-0.3, -0.25) is 0 Å². The van der Waals surface area contributed by atoms with E-state index in [9.17, 15) is 4.79 Å². The molecule has 27 heavy (non-hydrogen) atoms. The zero-order valence-electron chi connectivity index (χ0n) is 15.8. The summed E-state index contributed by atoms with van der Waals surface area (Å²) in [6.07, 6.45) is 0. The van der Waals surface area contributed by atoms with E-state index in [0.717, 1.165) is 27.8 Å². The second-order valence-corrected chi connectivity index (χ2v) is 6.26. The highest BCUT2D eigenvalue weighted by atomic mass is 16.6. The largest absolute Gasteiger partial charge is 0.490 e. The number of nitrogens with zero attached hydrogens (tertiary/aromatic N) is 1. The summed E-state index contributed by atoms with van der Waals surface area (Å²) in [5, 5.41) is 0.931. The first kappa shape index (κ1) is 18.9. The van der Waals surface area contributed by atoms with Crippen molar-refractivity contribution in [1.29, 1.82) is 0 Å². The van der Waals surface area contributed by atoms with Crippen LogP contribution in [0.15, 0.2) is 48.5 Å². The molecule has 1 aromatic heterocycles. The zero-order valence-corrected chi connectivity index (χ0v) is 15.8. The highest BCUT2D eigenvalue weighted by Gasteiger charge is 2.20. The summed E-state index contributed by atoms with van der Waals surface area (Å²) in [7, 11) is 1.58. The number of aromatic nitrogens is 1. The van der Waals surface area contributed by atoms with Gasteiger partial charge in [-0.2, -0.15) is 0 Å². The summed E-state index contributed by atoms with van der Waals surface area (Å²) >= 11 is 0. The first-order chi connectivity index (χ1) is 13.1. The number of aryl methyl sites for hydroxylation is 2. The Morgan fingerprint density at radius 1 is 1.00 bits per heavy atom. The number of hydrogen-bond acceptors (Lipinski definition) is 5. The molecule has 0 aliphatic carbocycles. The van der Waals surface area contributed by atoms with Gasteiger partial charge in [0.05, 0.1) is 23.4 Å². The van der Waals surface area contributed by atoms with E-state index < -0.39 is 5.97 Å². The van der Waals surface area contributed by atoms with Crippen molar-refractivity contribution in [2.24, 2.45) is 0 Å². The van der Waals surface area contributed by atoms with Crippen molar-refractivity contribution in [3.05, 3.63) is 70.9 Å². The molecule has 0 aliphatic rings. The van der Waals surface area contributed by atoms with Crippen LogP contribution in [0.3, 0.4) is 0 Å². The van der Waals surface area contributed by atoms with Gasteiger partial charge < -0.3 is 14.2 Å². The van der Waals surface area contributed by atoms with Crippen molar-refractivity contribution in [2.45, 2.75) is 20.5 Å². The smallest absolute Gasteiger partial charge is 0.340 e. The molecule has 140 valence electrons. The van der Waals surface area contributed by atoms with Crippen molar-refractivity contribution in [1.82, 2.24) is 4.98 Å². The minimum atomic E-state index is -0.411. The lowest BCUT2D eigenvalue weighted by molar-refractivity contribution is 0.0444. The molecule has 3 aromatic rings. The van der Waals surface area contributed by atoms with Gasteiger partial charge in [-0.25, -0.2) is 9.78 Å². The van der Waals surface area contributed by atoms with E-state index in [4.69, 9.17) is 14.2 Å². The Morgan fingerprint density at radius 3 is 2.52 bits per heavy atom. The summed E-state index contributed by atoms with van der Waals surface area (Å²) in [6.45, 7) is 4.57. The van der Waals surface area contributed by atoms with E-state index in [1.807, 2.05) is 62.4 Å². The van der Waals surface area contributed by atoms with Gasteiger partial charge >= 0.3 is 5.97 Å². The lowest BCUT2D eigenvalue weighted by Crippen LogP contribution is -2.17. The molecule has 0 N–H and O–H groups in total. The Morgan fingerprint density at radius 2 is 1.74 bits per heavy atom. The first-order valence-corrected chi connectivity index (χ1v) is 8.84. The normalized spacial score (nSPS) is 10.8. The fraction of sp³-hybridized carbons (Fsp3) is 0.273. The Balaban J connectivity index is 1.73. The van der Waals surface area contributed by atoms with Crippen LogP contribution in [0.4, 0.5) is 0 Å². The van der Waals surface area contributed by atoms with Gasteiger partial charge in [0.1, 0.15) is 19.0 Å². The molecule has 0 atom stereocenters. The van der Waals surface area contributed by atoms with Gasteiger partial charge in [-0.05, 0) is 37.1 Å². The molecule has 0 saturated carbocycles. The maximum atomic E-state index is 12.7. The number of hydrogen-bond donors (Lipinski definition) is 0. The Bertz CT molecular complexity index is 952. The molecule has 1 heterocycles. The standard InChI is InChI=1S/C22H23NO4/c1-15-8-4-7-11-20(15)26-12-13-27-22(24)21-16(2)17-9-5-6-10-18(17)23-19(21)14-25-3/h4-11H,12-14H2,1-3H3. The number of methoxy groups -OCH3 is 1. The number of fused-ring (bicyclic) bond motifs is 1. The molecule has 3 rings (SSSR count). The number of rotatable bonds is 7. The number of carbonyl (C=O) groups is 1. The molecule has 0 spiro atoms. The van der Waals surface area contributed by atoms with E-state index in [0.29, 0.717) is 11.3 Å². The molecule has 0 saturated heterocycles. The third-order valence-corrected chi connectivity index (χ3v) is 4.38. The molecule has 5 heteroatoms. The zero-order chi connectivity index (χ0) is 19.2. The quantitative estimate of drug-likeness (QED) is 0.463. The van der Waals surface area contributed by atoms with Crippen LogP contribution < -0.4 is 4.74 Å². The fourth-order valence-corrected chi connectivity index (χ4v) is 3.03. The Labute approximate surface area is 158 Å². The van der Waals surface area contributed by atoms with Gasteiger partial charge in [-0.1, -0.05) is 36.4 Å². The van der Waals surface area contributed by atoms with Crippen LogP contribution in [0.25, 0.3) is 10.9 Å². The van der Waals surface area contributed by atoms with Crippen molar-refractivity contribution >= 4 is 16.9 Å². The van der Waals surface area contributed by atoms with Gasteiger partial charge in [0.2, 0.25) is 0 Å². The van der Waals surface area contributed by atoms with E-state index >= 15 is 0 Å². The molecule has 0 fully saturated rings. The van der Waals surface area contributed by atoms with Crippen LogP contribution in [0.1, 0.15) is 27.2 Å². The third kappa shape index (κ3) is 4.26. The van der Waals surface area contributed by atoms with Crippen molar-refractivity contribution in [3.63, 3.8) is 0 Å². The number of benzene rings is 2. The average Bonchev–Trinajstić information content (AvgIpc) is 2.67. The van der Waals surface area contributed by atoms with Crippen molar-refractivity contribution in [2.75, 3.05) is 20.3 Å². The Hall–Kier alpha value is -2.92. The van der Waals surface area contributed by atoms with Crippen LogP contribution in [0.2, 0.25) is 0 Å². The number of pyridine rings is 1. The minimum absolute atomic E-state index is 0.159. The highest BCUT2D eigenvalue weighted by molar-refractivity contribution is 5.98. The van der Waals surface area contributed by atoms with Gasteiger partial charge in [0, 0.05) is 12.5 Å². The number of ether oxygens (including phenoxy) is 3. The molecule has 0 amide bonds. The maximum Gasteiger partial charge on any atom is 0.340 e.